The van der Waals surface area contributed by atoms with Gasteiger partial charge in [0, 0.05) is 12.6 Å². The van der Waals surface area contributed by atoms with E-state index in [1.807, 2.05) is 0 Å². The summed E-state index contributed by atoms with van der Waals surface area (Å²) in [5.41, 5.74) is 5.38. The van der Waals surface area contributed by atoms with Crippen LogP contribution in [0.5, 0.6) is 0 Å². The molecule has 0 aliphatic rings. The highest BCUT2D eigenvalue weighted by Crippen LogP contribution is 2.08. The minimum absolute atomic E-state index is 0.0669. The van der Waals surface area contributed by atoms with Gasteiger partial charge in [-0.1, -0.05) is 0 Å². The van der Waals surface area contributed by atoms with Crippen molar-refractivity contribution in [1.82, 2.24) is 4.98 Å². The number of Topliss-reactive ketones (excluding diaryl/α,β-unsaturated/α-hetero) is 1. The van der Waals surface area contributed by atoms with Crippen LogP contribution < -0.4 is 5.73 Å². The maximum absolute atomic E-state index is 13.1. The van der Waals surface area contributed by atoms with Gasteiger partial charge < -0.3 is 5.73 Å². The molecule has 0 spiro atoms. The predicted molar refractivity (Wildman–Crippen MR) is 50.0 cm³/mol. The molecule has 0 fully saturated rings. The van der Waals surface area contributed by atoms with Gasteiger partial charge in [-0.25, -0.2) is 4.39 Å². The summed E-state index contributed by atoms with van der Waals surface area (Å²) >= 11 is 0. The van der Waals surface area contributed by atoms with Crippen LogP contribution in [0.15, 0.2) is 18.5 Å². The van der Waals surface area contributed by atoms with Gasteiger partial charge in [0.05, 0.1) is 17.8 Å². The highest BCUT2D eigenvalue weighted by atomic mass is 19.1. The Morgan fingerprint density at radius 1 is 1.79 bits per heavy atom. The van der Waals surface area contributed by atoms with Crippen LogP contribution in [-0.4, -0.2) is 16.8 Å². The predicted octanol–water partition coefficient (Wildman–Crippen LogP) is 0.754. The standard InChI is InChI=1S/C10H9FN2O/c1-2-3-9(12)10(14)7-4-5-13-6-8(7)11/h1,4-6,9H,3,12H2. The van der Waals surface area contributed by atoms with Crippen LogP contribution in [-0.2, 0) is 0 Å². The highest BCUT2D eigenvalue weighted by Gasteiger charge is 2.17. The number of hydrogen-bond acceptors (Lipinski definition) is 3. The second kappa shape index (κ2) is 4.49. The summed E-state index contributed by atoms with van der Waals surface area (Å²) in [5.74, 6) is 1.08. The Hall–Kier alpha value is -1.73. The second-order valence-corrected chi connectivity index (χ2v) is 2.73. The molecule has 0 radical (unpaired) electrons. The van der Waals surface area contributed by atoms with Gasteiger partial charge in [-0.3, -0.25) is 9.78 Å². The average Bonchev–Trinajstić information content (AvgIpc) is 2.18. The third kappa shape index (κ3) is 2.15. The van der Waals surface area contributed by atoms with E-state index < -0.39 is 17.6 Å². The molecule has 1 atom stereocenters. The van der Waals surface area contributed by atoms with Crippen LogP contribution in [0.3, 0.4) is 0 Å². The van der Waals surface area contributed by atoms with E-state index in [0.717, 1.165) is 6.20 Å². The van der Waals surface area contributed by atoms with Crippen LogP contribution in [0.1, 0.15) is 16.8 Å². The van der Waals surface area contributed by atoms with Crippen LogP contribution in [0, 0.1) is 18.2 Å². The number of rotatable bonds is 3. The van der Waals surface area contributed by atoms with Gasteiger partial charge in [-0.05, 0) is 6.07 Å². The molecule has 72 valence electrons. The number of terminal acetylenes is 1. The molecular weight excluding hydrogens is 183 g/mol. The fourth-order valence-electron chi connectivity index (χ4n) is 0.994. The van der Waals surface area contributed by atoms with Crippen molar-refractivity contribution in [2.24, 2.45) is 5.73 Å². The maximum Gasteiger partial charge on any atom is 0.183 e. The number of nitrogens with zero attached hydrogens (tertiary/aromatic N) is 1. The zero-order chi connectivity index (χ0) is 10.6. The maximum atomic E-state index is 13.1. The summed E-state index contributed by atoms with van der Waals surface area (Å²) in [7, 11) is 0. The summed E-state index contributed by atoms with van der Waals surface area (Å²) in [6, 6.07) is 0.436. The molecule has 0 amide bonds. The van der Waals surface area contributed by atoms with Gasteiger partial charge in [0.15, 0.2) is 11.6 Å². The number of hydrogen-bond donors (Lipinski definition) is 1. The molecule has 0 aliphatic carbocycles. The number of ketones is 1. The van der Waals surface area contributed by atoms with Crippen molar-refractivity contribution < 1.29 is 9.18 Å². The molecule has 3 nitrogen and oxygen atoms in total. The molecule has 1 aromatic heterocycles. The lowest BCUT2D eigenvalue weighted by molar-refractivity contribution is 0.0958. The third-order valence-electron chi connectivity index (χ3n) is 1.71. The molecule has 0 saturated heterocycles. The number of aromatic nitrogens is 1. The first-order chi connectivity index (χ1) is 6.66. The van der Waals surface area contributed by atoms with Gasteiger partial charge in [0.25, 0.3) is 0 Å². The molecule has 4 heteroatoms. The topological polar surface area (TPSA) is 56.0 Å². The lowest BCUT2D eigenvalue weighted by Gasteiger charge is -2.06. The molecule has 0 bridgehead atoms. The Balaban J connectivity index is 2.91. The quantitative estimate of drug-likeness (QED) is 0.568. The lowest BCUT2D eigenvalue weighted by atomic mass is 10.0. The van der Waals surface area contributed by atoms with Gasteiger partial charge in [-0.2, -0.15) is 0 Å². The van der Waals surface area contributed by atoms with Gasteiger partial charge in [-0.15, -0.1) is 12.3 Å². The van der Waals surface area contributed by atoms with Crippen LogP contribution in [0.4, 0.5) is 4.39 Å². The Morgan fingerprint density at radius 2 is 2.50 bits per heavy atom. The first kappa shape index (κ1) is 10.4. The first-order valence-electron chi connectivity index (χ1n) is 3.99. The molecule has 1 aromatic rings. The van der Waals surface area contributed by atoms with E-state index in [0.29, 0.717) is 0 Å². The lowest BCUT2D eigenvalue weighted by Crippen LogP contribution is -2.30. The van der Waals surface area contributed by atoms with Crippen LogP contribution >= 0.6 is 0 Å². The largest absolute Gasteiger partial charge is 0.320 e. The summed E-state index contributed by atoms with van der Waals surface area (Å²) in [6.07, 6.45) is 7.39. The van der Waals surface area contributed by atoms with Crippen molar-refractivity contribution in [3.63, 3.8) is 0 Å². The molecule has 1 unspecified atom stereocenters. The first-order valence-corrected chi connectivity index (χ1v) is 3.99. The van der Waals surface area contributed by atoms with E-state index in [1.165, 1.54) is 12.3 Å². The van der Waals surface area contributed by atoms with Crippen molar-refractivity contribution in [2.45, 2.75) is 12.5 Å². The van der Waals surface area contributed by atoms with E-state index in [-0.39, 0.29) is 12.0 Å². The smallest absolute Gasteiger partial charge is 0.183 e. The molecule has 0 saturated carbocycles. The van der Waals surface area contributed by atoms with E-state index >= 15 is 0 Å². The zero-order valence-electron chi connectivity index (χ0n) is 7.40. The van der Waals surface area contributed by atoms with E-state index in [2.05, 4.69) is 10.9 Å². The van der Waals surface area contributed by atoms with Crippen LogP contribution in [0.2, 0.25) is 0 Å². The number of carbonyl (C=O) groups is 1. The molecular formula is C10H9FN2O. The fraction of sp³-hybridized carbons (Fsp3) is 0.200. The molecule has 0 aromatic carbocycles. The summed E-state index contributed by atoms with van der Waals surface area (Å²) < 4.78 is 13.1. The monoisotopic (exact) mass is 192 g/mol. The van der Waals surface area contributed by atoms with Crippen molar-refractivity contribution in [3.8, 4) is 12.3 Å². The molecule has 0 aliphatic heterocycles. The Kier molecular flexibility index (Phi) is 3.32. The zero-order valence-corrected chi connectivity index (χ0v) is 7.40. The van der Waals surface area contributed by atoms with Crippen molar-refractivity contribution in [1.29, 1.82) is 0 Å². The Bertz CT molecular complexity index is 384. The number of pyridine rings is 1. The number of halogens is 1. The fourth-order valence-corrected chi connectivity index (χ4v) is 0.994. The van der Waals surface area contributed by atoms with Crippen molar-refractivity contribution >= 4 is 5.78 Å². The van der Waals surface area contributed by atoms with Crippen molar-refractivity contribution in [3.05, 3.63) is 29.8 Å². The number of nitrogens with two attached hydrogens (primary N) is 1. The Labute approximate surface area is 81.1 Å². The van der Waals surface area contributed by atoms with Gasteiger partial charge in [0.1, 0.15) is 0 Å². The second-order valence-electron chi connectivity index (χ2n) is 2.73. The van der Waals surface area contributed by atoms with Crippen LogP contribution in [0.25, 0.3) is 0 Å². The number of carbonyl (C=O) groups excluding carboxylic acids is 1. The molecule has 2 N–H and O–H groups in total. The van der Waals surface area contributed by atoms with Crippen molar-refractivity contribution in [2.75, 3.05) is 0 Å². The summed E-state index contributed by atoms with van der Waals surface area (Å²) in [5, 5.41) is 0. The van der Waals surface area contributed by atoms with E-state index in [1.54, 1.807) is 0 Å². The highest BCUT2D eigenvalue weighted by molar-refractivity contribution is 6.00. The van der Waals surface area contributed by atoms with E-state index in [4.69, 9.17) is 12.2 Å². The van der Waals surface area contributed by atoms with Gasteiger partial charge in [0.2, 0.25) is 0 Å². The third-order valence-corrected chi connectivity index (χ3v) is 1.71. The normalized spacial score (nSPS) is 11.8. The molecule has 1 rings (SSSR count). The minimum atomic E-state index is -0.850. The average molecular weight is 192 g/mol. The summed E-state index contributed by atoms with van der Waals surface area (Å²) in [4.78, 5) is 15.0. The SMILES string of the molecule is C#CCC(N)C(=O)c1ccncc1F. The van der Waals surface area contributed by atoms with Gasteiger partial charge >= 0.3 is 0 Å². The Morgan fingerprint density at radius 3 is 3.07 bits per heavy atom. The summed E-state index contributed by atoms with van der Waals surface area (Å²) in [6.45, 7) is 0. The van der Waals surface area contributed by atoms with E-state index in [9.17, 15) is 9.18 Å². The molecule has 1 heterocycles. The molecule has 14 heavy (non-hydrogen) atoms. The minimum Gasteiger partial charge on any atom is -0.320 e.